The van der Waals surface area contributed by atoms with Crippen molar-refractivity contribution < 1.29 is 4.74 Å². The molecule has 0 fully saturated rings. The molecule has 1 aromatic rings. The lowest BCUT2D eigenvalue weighted by atomic mass is 9.89. The highest BCUT2D eigenvalue weighted by Gasteiger charge is 2.19. The fourth-order valence-electron chi connectivity index (χ4n) is 3.10. The van der Waals surface area contributed by atoms with Gasteiger partial charge in [-0.2, -0.15) is 0 Å². The molecule has 1 aliphatic heterocycles. The second kappa shape index (κ2) is 4.59. The van der Waals surface area contributed by atoms with Gasteiger partial charge in [0, 0.05) is 6.54 Å². The largest absolute Gasteiger partial charge is 0.489 e. The quantitative estimate of drug-likeness (QED) is 0.738. The van der Waals surface area contributed by atoms with Crippen LogP contribution < -0.4 is 10.1 Å². The zero-order valence-electron chi connectivity index (χ0n) is 10.6. The molecular formula is C15H21NO. The van der Waals surface area contributed by atoms with Crippen molar-refractivity contribution in [2.75, 3.05) is 18.5 Å². The van der Waals surface area contributed by atoms with Crippen molar-refractivity contribution in [2.45, 2.75) is 45.4 Å². The number of anilines is 1. The van der Waals surface area contributed by atoms with Crippen molar-refractivity contribution >= 4 is 5.69 Å². The van der Waals surface area contributed by atoms with E-state index in [9.17, 15) is 0 Å². The van der Waals surface area contributed by atoms with Gasteiger partial charge in [0.2, 0.25) is 0 Å². The van der Waals surface area contributed by atoms with Gasteiger partial charge >= 0.3 is 0 Å². The van der Waals surface area contributed by atoms with Crippen molar-refractivity contribution in [1.29, 1.82) is 0 Å². The molecule has 0 unspecified atom stereocenters. The standard InChI is InChI=1S/C15H21NO/c1-11-13-7-5-3-2-4-6-12(13)10-14-15(11)17-9-8-16-14/h10,16H,2-9H2,1H3. The maximum absolute atomic E-state index is 5.83. The van der Waals surface area contributed by atoms with E-state index in [1.54, 1.807) is 11.1 Å². The first-order chi connectivity index (χ1) is 8.36. The van der Waals surface area contributed by atoms with Crippen LogP contribution in [0.3, 0.4) is 0 Å². The first-order valence-electron chi connectivity index (χ1n) is 6.88. The van der Waals surface area contributed by atoms with Crippen LogP contribution in [0.15, 0.2) is 6.07 Å². The molecule has 2 nitrogen and oxygen atoms in total. The summed E-state index contributed by atoms with van der Waals surface area (Å²) in [6, 6.07) is 2.34. The van der Waals surface area contributed by atoms with Gasteiger partial charge in [-0.25, -0.2) is 0 Å². The molecule has 1 heterocycles. The summed E-state index contributed by atoms with van der Waals surface area (Å²) < 4.78 is 5.83. The molecule has 2 heteroatoms. The average Bonchev–Trinajstić information content (AvgIpc) is 2.32. The number of hydrogen-bond acceptors (Lipinski definition) is 2. The number of ether oxygens (including phenoxy) is 1. The zero-order valence-corrected chi connectivity index (χ0v) is 10.6. The molecule has 92 valence electrons. The topological polar surface area (TPSA) is 21.3 Å². The van der Waals surface area contributed by atoms with Crippen LogP contribution in [0.2, 0.25) is 0 Å². The van der Waals surface area contributed by atoms with Gasteiger partial charge in [0.15, 0.2) is 0 Å². The van der Waals surface area contributed by atoms with Crippen LogP contribution in [0, 0.1) is 6.92 Å². The average molecular weight is 231 g/mol. The predicted molar refractivity (Wildman–Crippen MR) is 71.0 cm³/mol. The van der Waals surface area contributed by atoms with Gasteiger partial charge in [0.25, 0.3) is 0 Å². The summed E-state index contributed by atoms with van der Waals surface area (Å²) in [5.74, 6) is 1.11. The normalized spacial score (nSPS) is 19.1. The molecule has 1 N–H and O–H groups in total. The third kappa shape index (κ3) is 2.01. The molecule has 0 bridgehead atoms. The highest BCUT2D eigenvalue weighted by Crippen LogP contribution is 2.37. The second-order valence-corrected chi connectivity index (χ2v) is 5.21. The fraction of sp³-hybridized carbons (Fsp3) is 0.600. The second-order valence-electron chi connectivity index (χ2n) is 5.21. The summed E-state index contributed by atoms with van der Waals surface area (Å²) in [7, 11) is 0. The Kier molecular flexibility index (Phi) is 2.96. The van der Waals surface area contributed by atoms with Crippen molar-refractivity contribution in [1.82, 2.24) is 0 Å². The molecule has 17 heavy (non-hydrogen) atoms. The van der Waals surface area contributed by atoms with Gasteiger partial charge in [0.1, 0.15) is 12.4 Å². The minimum atomic E-state index is 0.798. The molecule has 0 radical (unpaired) electrons. The lowest BCUT2D eigenvalue weighted by Crippen LogP contribution is -2.20. The van der Waals surface area contributed by atoms with Gasteiger partial charge in [-0.3, -0.25) is 0 Å². The molecule has 0 saturated carbocycles. The molecule has 0 saturated heterocycles. The van der Waals surface area contributed by atoms with Crippen LogP contribution in [-0.2, 0) is 12.8 Å². The number of benzene rings is 1. The molecule has 0 aromatic heterocycles. The number of hydrogen-bond donors (Lipinski definition) is 1. The van der Waals surface area contributed by atoms with E-state index in [4.69, 9.17) is 4.74 Å². The van der Waals surface area contributed by atoms with Gasteiger partial charge in [-0.1, -0.05) is 12.8 Å². The van der Waals surface area contributed by atoms with Gasteiger partial charge in [0.05, 0.1) is 5.69 Å². The number of fused-ring (bicyclic) bond motifs is 2. The maximum Gasteiger partial charge on any atom is 0.145 e. The van der Waals surface area contributed by atoms with Crippen LogP contribution in [0.25, 0.3) is 0 Å². The summed E-state index contributed by atoms with van der Waals surface area (Å²) in [5, 5.41) is 3.46. The van der Waals surface area contributed by atoms with Gasteiger partial charge < -0.3 is 10.1 Å². The first-order valence-corrected chi connectivity index (χ1v) is 6.88. The van der Waals surface area contributed by atoms with E-state index < -0.39 is 0 Å². The van der Waals surface area contributed by atoms with Crippen LogP contribution in [0.4, 0.5) is 5.69 Å². The molecule has 0 amide bonds. The Morgan fingerprint density at radius 3 is 2.82 bits per heavy atom. The molecule has 1 aliphatic carbocycles. The Morgan fingerprint density at radius 1 is 1.12 bits per heavy atom. The smallest absolute Gasteiger partial charge is 0.145 e. The Labute approximate surface area is 103 Å². The van der Waals surface area contributed by atoms with Gasteiger partial charge in [-0.15, -0.1) is 0 Å². The minimum Gasteiger partial charge on any atom is -0.489 e. The minimum absolute atomic E-state index is 0.798. The van der Waals surface area contributed by atoms with E-state index in [0.29, 0.717) is 0 Å². The molecular weight excluding hydrogens is 210 g/mol. The van der Waals surface area contributed by atoms with E-state index in [2.05, 4.69) is 18.3 Å². The Bertz CT molecular complexity index is 425. The SMILES string of the molecule is Cc1c2c(cc3c1OCCN3)CCCCCC2. The van der Waals surface area contributed by atoms with E-state index >= 15 is 0 Å². The van der Waals surface area contributed by atoms with Crippen LogP contribution in [-0.4, -0.2) is 13.2 Å². The maximum atomic E-state index is 5.83. The van der Waals surface area contributed by atoms with E-state index in [1.807, 2.05) is 0 Å². The van der Waals surface area contributed by atoms with Crippen LogP contribution in [0.1, 0.15) is 42.4 Å². The van der Waals surface area contributed by atoms with Crippen molar-refractivity contribution in [3.63, 3.8) is 0 Å². The third-order valence-electron chi connectivity index (χ3n) is 4.03. The monoisotopic (exact) mass is 231 g/mol. The first kappa shape index (κ1) is 10.9. The molecule has 3 rings (SSSR count). The van der Waals surface area contributed by atoms with Crippen molar-refractivity contribution in [2.24, 2.45) is 0 Å². The highest BCUT2D eigenvalue weighted by molar-refractivity contribution is 5.65. The molecule has 2 aliphatic rings. The van der Waals surface area contributed by atoms with Crippen molar-refractivity contribution in [3.05, 3.63) is 22.8 Å². The van der Waals surface area contributed by atoms with Crippen LogP contribution in [0.5, 0.6) is 5.75 Å². The molecule has 0 atom stereocenters. The Hall–Kier alpha value is -1.18. The number of aryl methyl sites for hydroxylation is 1. The lowest BCUT2D eigenvalue weighted by molar-refractivity contribution is 0.320. The summed E-state index contributed by atoms with van der Waals surface area (Å²) in [6.07, 6.45) is 7.92. The summed E-state index contributed by atoms with van der Waals surface area (Å²) in [5.41, 5.74) is 5.71. The predicted octanol–water partition coefficient (Wildman–Crippen LogP) is 3.46. The number of rotatable bonds is 0. The molecule has 1 aromatic carbocycles. The fourth-order valence-corrected chi connectivity index (χ4v) is 3.10. The highest BCUT2D eigenvalue weighted by atomic mass is 16.5. The molecule has 0 spiro atoms. The van der Waals surface area contributed by atoms with E-state index in [1.165, 1.54) is 49.8 Å². The Morgan fingerprint density at radius 2 is 1.94 bits per heavy atom. The van der Waals surface area contributed by atoms with Gasteiger partial charge in [-0.05, 0) is 55.4 Å². The van der Waals surface area contributed by atoms with Crippen molar-refractivity contribution in [3.8, 4) is 5.75 Å². The van der Waals surface area contributed by atoms with E-state index in [0.717, 1.165) is 18.9 Å². The zero-order chi connectivity index (χ0) is 11.7. The van der Waals surface area contributed by atoms with Crippen LogP contribution >= 0.6 is 0 Å². The summed E-state index contributed by atoms with van der Waals surface area (Å²) in [4.78, 5) is 0. The van der Waals surface area contributed by atoms with E-state index in [-0.39, 0.29) is 0 Å². The summed E-state index contributed by atoms with van der Waals surface area (Å²) in [6.45, 7) is 3.96. The summed E-state index contributed by atoms with van der Waals surface area (Å²) >= 11 is 0. The third-order valence-corrected chi connectivity index (χ3v) is 4.03. The lowest BCUT2D eigenvalue weighted by Gasteiger charge is -2.26. The number of nitrogens with one attached hydrogen (secondary N) is 1. The Balaban J connectivity index is 2.06.